The van der Waals surface area contributed by atoms with E-state index in [1.165, 1.54) is 4.90 Å². The summed E-state index contributed by atoms with van der Waals surface area (Å²) in [6.07, 6.45) is 5.70. The Morgan fingerprint density at radius 2 is 1.62 bits per heavy atom. The van der Waals surface area contributed by atoms with Crippen molar-refractivity contribution >= 4 is 23.4 Å². The maximum Gasteiger partial charge on any atom is 0.233 e. The number of fused-ring (bicyclic) bond motifs is 1. The summed E-state index contributed by atoms with van der Waals surface area (Å²) in [5, 5.41) is 0. The Bertz CT molecular complexity index is 269. The van der Waals surface area contributed by atoms with Crippen LogP contribution in [0.15, 0.2) is 0 Å². The first-order valence-electron chi connectivity index (χ1n) is 6.17. The number of carbonyl (C=O) groups is 2. The minimum atomic E-state index is -0.00254. The lowest BCUT2D eigenvalue weighted by Crippen LogP contribution is -2.32. The highest BCUT2D eigenvalue weighted by Crippen LogP contribution is 2.37. The monoisotopic (exact) mass is 243 g/mol. The third-order valence-electron chi connectivity index (χ3n) is 3.70. The standard InChI is InChI=1S/C12H18ClNO2/c13-7-3-4-8-14-11(15)9-5-1-2-6-10(9)12(14)16/h9-10H,1-8H2/t9-,10-/m1/s1. The second-order valence-electron chi connectivity index (χ2n) is 4.72. The number of alkyl halides is 1. The zero-order valence-corrected chi connectivity index (χ0v) is 10.2. The van der Waals surface area contributed by atoms with Crippen LogP contribution >= 0.6 is 11.6 Å². The predicted octanol–water partition coefficient (Wildman–Crippen LogP) is 2.18. The van der Waals surface area contributed by atoms with Crippen molar-refractivity contribution in [1.29, 1.82) is 0 Å². The lowest BCUT2D eigenvalue weighted by molar-refractivity contribution is -0.139. The fourth-order valence-corrected chi connectivity index (χ4v) is 3.00. The van der Waals surface area contributed by atoms with E-state index in [1.807, 2.05) is 0 Å². The van der Waals surface area contributed by atoms with Crippen LogP contribution in [0.5, 0.6) is 0 Å². The van der Waals surface area contributed by atoms with E-state index in [0.717, 1.165) is 38.5 Å². The van der Waals surface area contributed by atoms with E-state index in [4.69, 9.17) is 11.6 Å². The molecule has 2 atom stereocenters. The molecule has 16 heavy (non-hydrogen) atoms. The molecule has 0 bridgehead atoms. The molecule has 4 heteroatoms. The summed E-state index contributed by atoms with van der Waals surface area (Å²) in [4.78, 5) is 25.5. The number of hydrogen-bond acceptors (Lipinski definition) is 2. The number of hydrogen-bond donors (Lipinski definition) is 0. The zero-order chi connectivity index (χ0) is 11.5. The third kappa shape index (κ3) is 2.10. The molecule has 1 heterocycles. The first kappa shape index (κ1) is 11.9. The van der Waals surface area contributed by atoms with Crippen LogP contribution in [0.2, 0.25) is 0 Å². The van der Waals surface area contributed by atoms with Crippen molar-refractivity contribution in [2.75, 3.05) is 12.4 Å². The van der Waals surface area contributed by atoms with Crippen molar-refractivity contribution in [2.45, 2.75) is 38.5 Å². The van der Waals surface area contributed by atoms with Gasteiger partial charge in [-0.3, -0.25) is 14.5 Å². The van der Waals surface area contributed by atoms with Gasteiger partial charge in [-0.25, -0.2) is 0 Å². The van der Waals surface area contributed by atoms with Gasteiger partial charge in [0.25, 0.3) is 0 Å². The van der Waals surface area contributed by atoms with E-state index in [2.05, 4.69) is 0 Å². The Hall–Kier alpha value is -0.570. The van der Waals surface area contributed by atoms with Crippen LogP contribution < -0.4 is 0 Å². The number of amides is 2. The molecule has 1 saturated carbocycles. The molecule has 1 aliphatic heterocycles. The van der Waals surface area contributed by atoms with Crippen LogP contribution in [0.1, 0.15) is 38.5 Å². The second-order valence-corrected chi connectivity index (χ2v) is 5.10. The molecule has 2 fully saturated rings. The highest BCUT2D eigenvalue weighted by atomic mass is 35.5. The van der Waals surface area contributed by atoms with Gasteiger partial charge in [0.1, 0.15) is 0 Å². The van der Waals surface area contributed by atoms with Crippen LogP contribution in [-0.4, -0.2) is 29.1 Å². The molecule has 0 unspecified atom stereocenters. The van der Waals surface area contributed by atoms with Crippen molar-refractivity contribution in [1.82, 2.24) is 4.90 Å². The minimum absolute atomic E-state index is 0.00254. The summed E-state index contributed by atoms with van der Waals surface area (Å²) >= 11 is 5.59. The smallest absolute Gasteiger partial charge is 0.233 e. The van der Waals surface area contributed by atoms with Crippen molar-refractivity contribution in [3.63, 3.8) is 0 Å². The van der Waals surface area contributed by atoms with Crippen LogP contribution in [0.3, 0.4) is 0 Å². The third-order valence-corrected chi connectivity index (χ3v) is 3.97. The normalized spacial score (nSPS) is 29.7. The lowest BCUT2D eigenvalue weighted by atomic mass is 9.81. The molecule has 3 nitrogen and oxygen atoms in total. The molecule has 1 saturated heterocycles. The molecule has 2 amide bonds. The largest absolute Gasteiger partial charge is 0.282 e. The fourth-order valence-electron chi connectivity index (χ4n) is 2.82. The van der Waals surface area contributed by atoms with Crippen LogP contribution in [0.4, 0.5) is 0 Å². The molecule has 0 spiro atoms. The van der Waals surface area contributed by atoms with Gasteiger partial charge in [-0.2, -0.15) is 0 Å². The first-order valence-corrected chi connectivity index (χ1v) is 6.70. The van der Waals surface area contributed by atoms with Gasteiger partial charge in [0.2, 0.25) is 11.8 Å². The first-order chi connectivity index (χ1) is 7.75. The molecular formula is C12H18ClNO2. The van der Waals surface area contributed by atoms with Crippen LogP contribution in [0.25, 0.3) is 0 Å². The van der Waals surface area contributed by atoms with Crippen LogP contribution in [0, 0.1) is 11.8 Å². The topological polar surface area (TPSA) is 37.4 Å². The molecule has 0 N–H and O–H groups in total. The Balaban J connectivity index is 1.98. The average molecular weight is 244 g/mol. The minimum Gasteiger partial charge on any atom is -0.282 e. The van der Waals surface area contributed by atoms with Gasteiger partial charge in [0.15, 0.2) is 0 Å². The highest BCUT2D eigenvalue weighted by molar-refractivity contribution is 6.17. The van der Waals surface area contributed by atoms with E-state index in [-0.39, 0.29) is 23.7 Å². The summed E-state index contributed by atoms with van der Waals surface area (Å²) in [5.41, 5.74) is 0. The van der Waals surface area contributed by atoms with Crippen molar-refractivity contribution in [2.24, 2.45) is 11.8 Å². The van der Waals surface area contributed by atoms with Gasteiger partial charge in [-0.15, -0.1) is 11.6 Å². The van der Waals surface area contributed by atoms with Crippen molar-refractivity contribution in [3.8, 4) is 0 Å². The molecule has 0 radical (unpaired) electrons. The van der Waals surface area contributed by atoms with E-state index in [0.29, 0.717) is 12.4 Å². The molecular weight excluding hydrogens is 226 g/mol. The van der Waals surface area contributed by atoms with Gasteiger partial charge in [-0.05, 0) is 25.7 Å². The predicted molar refractivity (Wildman–Crippen MR) is 62.1 cm³/mol. The quantitative estimate of drug-likeness (QED) is 0.431. The summed E-state index contributed by atoms with van der Waals surface area (Å²) < 4.78 is 0. The Morgan fingerprint density at radius 1 is 1.06 bits per heavy atom. The second kappa shape index (κ2) is 5.17. The molecule has 0 aromatic carbocycles. The van der Waals surface area contributed by atoms with Gasteiger partial charge < -0.3 is 0 Å². The maximum absolute atomic E-state index is 12.0. The molecule has 0 aromatic heterocycles. The highest BCUT2D eigenvalue weighted by Gasteiger charge is 2.47. The number of halogens is 1. The number of nitrogens with zero attached hydrogens (tertiary/aromatic N) is 1. The SMILES string of the molecule is O=C1[C@@H]2CCCC[C@H]2C(=O)N1CCCCCl. The van der Waals surface area contributed by atoms with Crippen molar-refractivity contribution in [3.05, 3.63) is 0 Å². The molecule has 1 aliphatic carbocycles. The van der Waals surface area contributed by atoms with E-state index >= 15 is 0 Å². The maximum atomic E-state index is 12.0. The Kier molecular flexibility index (Phi) is 3.85. The van der Waals surface area contributed by atoms with Crippen molar-refractivity contribution < 1.29 is 9.59 Å². The Labute approximate surface area is 101 Å². The van der Waals surface area contributed by atoms with Gasteiger partial charge in [-0.1, -0.05) is 12.8 Å². The number of rotatable bonds is 4. The van der Waals surface area contributed by atoms with E-state index in [1.54, 1.807) is 0 Å². The van der Waals surface area contributed by atoms with Gasteiger partial charge >= 0.3 is 0 Å². The van der Waals surface area contributed by atoms with Gasteiger partial charge in [0.05, 0.1) is 11.8 Å². The average Bonchev–Trinajstić information content (AvgIpc) is 2.55. The zero-order valence-electron chi connectivity index (χ0n) is 9.45. The number of imide groups is 1. The Morgan fingerprint density at radius 3 is 2.12 bits per heavy atom. The number of carbonyl (C=O) groups excluding carboxylic acids is 2. The van der Waals surface area contributed by atoms with E-state index in [9.17, 15) is 9.59 Å². The summed E-state index contributed by atoms with van der Waals surface area (Å²) in [7, 11) is 0. The molecule has 2 rings (SSSR count). The molecule has 2 aliphatic rings. The molecule has 90 valence electrons. The van der Waals surface area contributed by atoms with Gasteiger partial charge in [0, 0.05) is 12.4 Å². The fraction of sp³-hybridized carbons (Fsp3) is 0.833. The molecule has 0 aromatic rings. The van der Waals surface area contributed by atoms with Crippen LogP contribution in [-0.2, 0) is 9.59 Å². The number of unbranched alkanes of at least 4 members (excludes halogenated alkanes) is 1. The van der Waals surface area contributed by atoms with E-state index < -0.39 is 0 Å². The lowest BCUT2D eigenvalue weighted by Gasteiger charge is -2.19. The summed E-state index contributed by atoms with van der Waals surface area (Å²) in [6, 6.07) is 0. The summed E-state index contributed by atoms with van der Waals surface area (Å²) in [5.74, 6) is 0.742. The summed E-state index contributed by atoms with van der Waals surface area (Å²) in [6.45, 7) is 0.567. The number of likely N-dealkylation sites (tertiary alicyclic amines) is 1.